The molecule has 0 saturated heterocycles. The number of unbranched alkanes of at least 4 members (excludes halogenated alkanes) is 2. The lowest BCUT2D eigenvalue weighted by atomic mass is 10.0. The van der Waals surface area contributed by atoms with Gasteiger partial charge < -0.3 is 19.6 Å². The first kappa shape index (κ1) is 57.4. The third-order valence-electron chi connectivity index (χ3n) is 16.8. The molecule has 0 fully saturated rings. The zero-order valence-electron chi connectivity index (χ0n) is 51.2. The average molecular weight is 1110 g/mol. The van der Waals surface area contributed by atoms with Crippen LogP contribution in [0.2, 0.25) is 0 Å². The van der Waals surface area contributed by atoms with Gasteiger partial charge in [0.2, 0.25) is 0 Å². The minimum absolute atomic E-state index is 1.07. The molecule has 0 spiro atoms. The van der Waals surface area contributed by atoms with Gasteiger partial charge in [-0.05, 0) is 281 Å². The van der Waals surface area contributed by atoms with Gasteiger partial charge in [-0.25, -0.2) is 0 Å². The van der Waals surface area contributed by atoms with Crippen molar-refractivity contribution in [3.05, 3.63) is 299 Å². The first-order chi connectivity index (χ1) is 41.4. The van der Waals surface area contributed by atoms with Gasteiger partial charge in [-0.1, -0.05) is 141 Å². The largest absolute Gasteiger partial charge is 0.311 e. The van der Waals surface area contributed by atoms with Crippen molar-refractivity contribution >= 4 is 68.2 Å². The molecule has 0 amide bonds. The highest BCUT2D eigenvalue weighted by atomic mass is 15.2. The Kier molecular flexibility index (Phi) is 17.6. The van der Waals surface area contributed by atoms with Crippen LogP contribution in [-0.4, -0.2) is 0 Å². The predicted octanol–water partition coefficient (Wildman–Crippen LogP) is 23.7. The van der Waals surface area contributed by atoms with Crippen LogP contribution >= 0.6 is 0 Å². The molecule has 0 bridgehead atoms. The molecular formula is C81H80N4. The number of hydrogen-bond donors (Lipinski definition) is 0. The average Bonchev–Trinajstić information content (AvgIpc) is 3.69. The summed E-state index contributed by atoms with van der Waals surface area (Å²) >= 11 is 0. The summed E-state index contributed by atoms with van der Waals surface area (Å²) in [5.41, 5.74) is 29.7. The molecule has 0 aliphatic carbocycles. The van der Waals surface area contributed by atoms with Crippen molar-refractivity contribution < 1.29 is 0 Å². The van der Waals surface area contributed by atoms with Gasteiger partial charge in [0.1, 0.15) is 0 Å². The molecule has 11 aromatic rings. The van der Waals surface area contributed by atoms with Crippen LogP contribution in [0.5, 0.6) is 0 Å². The number of hydrogen-bond acceptors (Lipinski definition) is 4. The lowest BCUT2D eigenvalue weighted by Crippen LogP contribution is -2.12. The molecule has 0 unspecified atom stereocenters. The molecular weight excluding hydrogens is 1030 g/mol. The van der Waals surface area contributed by atoms with E-state index in [-0.39, 0.29) is 0 Å². The lowest BCUT2D eigenvalue weighted by Gasteiger charge is -2.29. The van der Waals surface area contributed by atoms with E-state index in [1.165, 1.54) is 75.8 Å². The van der Waals surface area contributed by atoms with Crippen molar-refractivity contribution in [2.75, 3.05) is 19.6 Å². The molecule has 85 heavy (non-hydrogen) atoms. The molecule has 0 N–H and O–H groups in total. The second-order valence-electron chi connectivity index (χ2n) is 23.3. The van der Waals surface area contributed by atoms with E-state index in [0.717, 1.165) is 103 Å². The Hall–Kier alpha value is -9.38. The van der Waals surface area contributed by atoms with Gasteiger partial charge in [-0.15, -0.1) is 0 Å². The highest BCUT2D eigenvalue weighted by molar-refractivity contribution is 5.85. The topological polar surface area (TPSA) is 13.0 Å². The highest BCUT2D eigenvalue weighted by Gasteiger charge is 2.20. The summed E-state index contributed by atoms with van der Waals surface area (Å²) in [4.78, 5) is 9.51. The number of nitrogens with zero attached hydrogens (tertiary/aromatic N) is 4. The number of rotatable bonds is 20. The van der Waals surface area contributed by atoms with Gasteiger partial charge >= 0.3 is 0 Å². The van der Waals surface area contributed by atoms with E-state index in [9.17, 15) is 0 Å². The van der Waals surface area contributed by atoms with E-state index in [0.29, 0.717) is 0 Å². The van der Waals surface area contributed by atoms with Crippen LogP contribution in [0.4, 0.5) is 68.2 Å². The van der Waals surface area contributed by atoms with E-state index in [1.807, 2.05) is 0 Å². The first-order valence-corrected chi connectivity index (χ1v) is 30.6. The van der Waals surface area contributed by atoms with E-state index in [1.54, 1.807) is 0 Å². The van der Waals surface area contributed by atoms with Crippen molar-refractivity contribution in [2.24, 2.45) is 0 Å². The summed E-state index contributed by atoms with van der Waals surface area (Å²) in [7, 11) is 0. The Morgan fingerprint density at radius 1 is 0.224 bits per heavy atom. The summed E-state index contributed by atoms with van der Waals surface area (Å²) in [5.74, 6) is 0. The monoisotopic (exact) mass is 1110 g/mol. The van der Waals surface area contributed by atoms with Crippen molar-refractivity contribution in [3.8, 4) is 22.3 Å². The third-order valence-corrected chi connectivity index (χ3v) is 16.8. The van der Waals surface area contributed by atoms with Gasteiger partial charge in [0.05, 0.1) is 0 Å². The van der Waals surface area contributed by atoms with Crippen LogP contribution in [-0.2, 0) is 12.8 Å². The molecule has 11 aromatic carbocycles. The fourth-order valence-corrected chi connectivity index (χ4v) is 11.7. The molecule has 4 heteroatoms. The molecule has 0 aliphatic rings. The summed E-state index contributed by atoms with van der Waals surface area (Å²) < 4.78 is 0. The number of anilines is 12. The maximum absolute atomic E-state index is 2.40. The van der Waals surface area contributed by atoms with Gasteiger partial charge in [-0.2, -0.15) is 0 Å². The standard InChI is InChI=1S/C81H80N4/c1-10-12-14-64-20-36-72(37-21-64)82(73-38-22-65(23-39-73)15-13-11-2)78-48-50-79(51-49-78)83(74-40-24-66(25-41-74)68-28-44-76(45-29-68)84(70-32-16-57(3)17-33-70)80-53-59(5)52-60(6)54-80)75-42-26-67(27-43-75)69-30-46-77(47-31-69)85(71-34-18-58(4)19-35-71)81-55-61(7)63(9)62(8)56-81/h16-56H,10-15H2,1-9H3. The summed E-state index contributed by atoms with van der Waals surface area (Å²) in [6.45, 7) is 19.8. The lowest BCUT2D eigenvalue weighted by molar-refractivity contribution is 0.795. The number of aryl methyl sites for hydroxylation is 8. The molecule has 0 saturated carbocycles. The molecule has 0 aliphatic heterocycles. The van der Waals surface area contributed by atoms with Gasteiger partial charge in [0, 0.05) is 68.2 Å². The van der Waals surface area contributed by atoms with Gasteiger partial charge in [0.25, 0.3) is 0 Å². The third kappa shape index (κ3) is 13.2. The van der Waals surface area contributed by atoms with E-state index in [4.69, 9.17) is 0 Å². The maximum Gasteiger partial charge on any atom is 0.0467 e. The molecule has 0 radical (unpaired) electrons. The Labute approximate surface area is 507 Å². The minimum atomic E-state index is 1.07. The molecule has 0 atom stereocenters. The minimum Gasteiger partial charge on any atom is -0.311 e. The number of benzene rings is 11. The Balaban J connectivity index is 0.937. The molecule has 424 valence electrons. The van der Waals surface area contributed by atoms with Crippen LogP contribution in [0, 0.1) is 48.5 Å². The SMILES string of the molecule is CCCCc1ccc(N(c2ccc(CCCC)cc2)c2ccc(N(c3ccc(-c4ccc(N(c5ccc(C)cc5)c5cc(C)cc(C)c5)cc4)cc3)c3ccc(-c4ccc(N(c5ccc(C)cc5)c5cc(C)c(C)c(C)c5)cc4)cc3)cc2)cc1. The summed E-state index contributed by atoms with van der Waals surface area (Å²) in [6.07, 6.45) is 6.94. The van der Waals surface area contributed by atoms with Gasteiger partial charge in [0.15, 0.2) is 0 Å². The van der Waals surface area contributed by atoms with Crippen molar-refractivity contribution in [2.45, 2.75) is 101 Å². The van der Waals surface area contributed by atoms with Crippen molar-refractivity contribution in [1.29, 1.82) is 0 Å². The quantitative estimate of drug-likeness (QED) is 0.0754. The summed E-state index contributed by atoms with van der Waals surface area (Å²) in [5, 5.41) is 0. The Bertz CT molecular complexity index is 3880. The van der Waals surface area contributed by atoms with E-state index in [2.05, 4.69) is 331 Å². The van der Waals surface area contributed by atoms with E-state index < -0.39 is 0 Å². The van der Waals surface area contributed by atoms with Crippen LogP contribution in [0.15, 0.2) is 249 Å². The maximum atomic E-state index is 2.40. The normalized spacial score (nSPS) is 11.2. The first-order valence-electron chi connectivity index (χ1n) is 30.6. The zero-order chi connectivity index (χ0) is 59.0. The highest BCUT2D eigenvalue weighted by Crippen LogP contribution is 2.43. The molecule has 4 nitrogen and oxygen atoms in total. The predicted molar refractivity (Wildman–Crippen MR) is 366 cm³/mol. The smallest absolute Gasteiger partial charge is 0.0467 e. The fraction of sp³-hybridized carbons (Fsp3) is 0.185. The zero-order valence-corrected chi connectivity index (χ0v) is 51.2. The van der Waals surface area contributed by atoms with Crippen LogP contribution in [0.1, 0.15) is 89.6 Å². The molecule has 0 heterocycles. The summed E-state index contributed by atoms with van der Waals surface area (Å²) in [6, 6.07) is 92.7. The Morgan fingerprint density at radius 2 is 0.447 bits per heavy atom. The molecule has 0 aromatic heterocycles. The van der Waals surface area contributed by atoms with Crippen molar-refractivity contribution in [1.82, 2.24) is 0 Å². The molecule has 11 rings (SSSR count). The second kappa shape index (κ2) is 26.0. The van der Waals surface area contributed by atoms with E-state index >= 15 is 0 Å². The van der Waals surface area contributed by atoms with Crippen LogP contribution in [0.25, 0.3) is 22.3 Å². The van der Waals surface area contributed by atoms with Crippen molar-refractivity contribution in [3.63, 3.8) is 0 Å². The van der Waals surface area contributed by atoms with Crippen LogP contribution < -0.4 is 19.6 Å². The van der Waals surface area contributed by atoms with Gasteiger partial charge in [-0.3, -0.25) is 0 Å². The fourth-order valence-electron chi connectivity index (χ4n) is 11.7. The van der Waals surface area contributed by atoms with Crippen LogP contribution in [0.3, 0.4) is 0 Å². The Morgan fingerprint density at radius 3 is 0.718 bits per heavy atom. The second-order valence-corrected chi connectivity index (χ2v) is 23.3.